The van der Waals surface area contributed by atoms with Gasteiger partial charge in [-0.15, -0.1) is 0 Å². The van der Waals surface area contributed by atoms with Gasteiger partial charge in [-0.2, -0.15) is 12.7 Å². The minimum Gasteiger partial charge on any atom is -0.481 e. The molecule has 0 aromatic carbocycles. The third-order valence-electron chi connectivity index (χ3n) is 4.12. The smallest absolute Gasteiger partial charge is 0.304 e. The van der Waals surface area contributed by atoms with Gasteiger partial charge in [-0.05, 0) is 26.9 Å². The molecular weight excluding hydrogens is 282 g/mol. The molecule has 118 valence electrons. The molecule has 0 heterocycles. The number of carboxylic acids is 1. The maximum absolute atomic E-state index is 12.1. The Bertz CT molecular complexity index is 430. The summed E-state index contributed by atoms with van der Waals surface area (Å²) in [6, 6.07) is 0. The lowest BCUT2D eigenvalue weighted by Gasteiger charge is -2.36. The Hall–Kier alpha value is -0.700. The van der Waals surface area contributed by atoms with E-state index in [0.29, 0.717) is 6.54 Å². The van der Waals surface area contributed by atoms with Gasteiger partial charge in [0.05, 0.1) is 6.42 Å². The summed E-state index contributed by atoms with van der Waals surface area (Å²) >= 11 is 0. The van der Waals surface area contributed by atoms with E-state index in [0.717, 1.165) is 30.0 Å². The van der Waals surface area contributed by atoms with Crippen LogP contribution in [0.4, 0.5) is 0 Å². The van der Waals surface area contributed by atoms with E-state index < -0.39 is 16.2 Å². The summed E-state index contributed by atoms with van der Waals surface area (Å²) in [5.41, 5.74) is -0.124. The topological polar surface area (TPSA) is 90.0 Å². The van der Waals surface area contributed by atoms with Crippen molar-refractivity contribution in [3.63, 3.8) is 0 Å². The monoisotopic (exact) mass is 307 g/mol. The molecule has 1 aliphatic carbocycles. The molecule has 0 saturated heterocycles. The van der Waals surface area contributed by atoms with Gasteiger partial charge in [0.15, 0.2) is 0 Å². The molecule has 7 nitrogen and oxygen atoms in total. The largest absolute Gasteiger partial charge is 0.481 e. The number of hydrogen-bond donors (Lipinski definition) is 2. The molecule has 0 aromatic heterocycles. The molecule has 1 rings (SSSR count). The summed E-state index contributed by atoms with van der Waals surface area (Å²) in [4.78, 5) is 12.6. The molecule has 0 atom stereocenters. The van der Waals surface area contributed by atoms with Gasteiger partial charge in [0.1, 0.15) is 0 Å². The standard InChI is InChI=1S/C12H25N3O4S/c1-14(2)12(7-4-5-8-12)10-13-20(18,19)15(3)9-6-11(16)17/h13H,4-10H2,1-3H3,(H,16,17). The number of nitrogens with zero attached hydrogens (tertiary/aromatic N) is 2. The van der Waals surface area contributed by atoms with E-state index in [1.807, 2.05) is 14.1 Å². The van der Waals surface area contributed by atoms with Crippen LogP contribution in [0.5, 0.6) is 0 Å². The zero-order valence-corrected chi connectivity index (χ0v) is 13.2. The van der Waals surface area contributed by atoms with Crippen molar-refractivity contribution in [2.24, 2.45) is 0 Å². The second-order valence-electron chi connectivity index (χ2n) is 5.62. The molecule has 0 unspecified atom stereocenters. The zero-order chi connectivity index (χ0) is 15.4. The third-order valence-corrected chi connectivity index (χ3v) is 5.63. The Morgan fingerprint density at radius 2 is 1.80 bits per heavy atom. The van der Waals surface area contributed by atoms with Crippen molar-refractivity contribution in [2.45, 2.75) is 37.6 Å². The summed E-state index contributed by atoms with van der Waals surface area (Å²) in [5.74, 6) is -1.01. The highest BCUT2D eigenvalue weighted by molar-refractivity contribution is 7.87. The fraction of sp³-hybridized carbons (Fsp3) is 0.917. The van der Waals surface area contributed by atoms with Gasteiger partial charge < -0.3 is 10.0 Å². The highest BCUT2D eigenvalue weighted by Gasteiger charge is 2.37. The van der Waals surface area contributed by atoms with Crippen molar-refractivity contribution in [3.8, 4) is 0 Å². The molecule has 2 N–H and O–H groups in total. The van der Waals surface area contributed by atoms with Crippen LogP contribution >= 0.6 is 0 Å². The zero-order valence-electron chi connectivity index (χ0n) is 12.4. The fourth-order valence-electron chi connectivity index (χ4n) is 2.52. The minimum absolute atomic E-state index is 0.0281. The van der Waals surface area contributed by atoms with E-state index >= 15 is 0 Å². The Kier molecular flexibility index (Phi) is 5.93. The molecule has 1 aliphatic rings. The lowest BCUT2D eigenvalue weighted by molar-refractivity contribution is -0.137. The first kappa shape index (κ1) is 17.4. The average Bonchev–Trinajstić information content (AvgIpc) is 2.83. The lowest BCUT2D eigenvalue weighted by Crippen LogP contribution is -2.53. The van der Waals surface area contributed by atoms with Crippen LogP contribution in [0.3, 0.4) is 0 Å². The molecule has 8 heteroatoms. The quantitative estimate of drug-likeness (QED) is 0.664. The van der Waals surface area contributed by atoms with Crippen LogP contribution < -0.4 is 4.72 Å². The molecule has 0 aliphatic heterocycles. The summed E-state index contributed by atoms with van der Waals surface area (Å²) in [6.45, 7) is 0.333. The van der Waals surface area contributed by atoms with Crippen LogP contribution in [-0.2, 0) is 15.0 Å². The Morgan fingerprint density at radius 3 is 2.25 bits per heavy atom. The molecule has 20 heavy (non-hydrogen) atoms. The molecular formula is C12H25N3O4S. The maximum Gasteiger partial charge on any atom is 0.304 e. The number of nitrogens with one attached hydrogen (secondary N) is 1. The van der Waals surface area contributed by atoms with Crippen molar-refractivity contribution in [3.05, 3.63) is 0 Å². The highest BCUT2D eigenvalue weighted by atomic mass is 32.2. The number of hydrogen-bond acceptors (Lipinski definition) is 4. The number of carbonyl (C=O) groups is 1. The van der Waals surface area contributed by atoms with E-state index in [9.17, 15) is 13.2 Å². The molecule has 0 bridgehead atoms. The summed E-state index contributed by atoms with van der Waals surface area (Å²) in [5, 5.41) is 8.60. The number of carboxylic acid groups (broad SMARTS) is 1. The van der Waals surface area contributed by atoms with Crippen LogP contribution in [0.1, 0.15) is 32.1 Å². The van der Waals surface area contributed by atoms with E-state index in [2.05, 4.69) is 9.62 Å². The summed E-state index contributed by atoms with van der Waals surface area (Å²) in [7, 11) is 1.70. The first-order valence-electron chi connectivity index (χ1n) is 6.80. The van der Waals surface area contributed by atoms with Gasteiger partial charge in [-0.25, -0.2) is 4.72 Å². The first-order chi connectivity index (χ1) is 9.19. The second-order valence-corrected chi connectivity index (χ2v) is 7.48. The SMILES string of the molecule is CN(C)C1(CNS(=O)(=O)N(C)CCC(=O)O)CCCC1. The Labute approximate surface area is 121 Å². The van der Waals surface area contributed by atoms with Gasteiger partial charge in [-0.1, -0.05) is 12.8 Å². The number of rotatable bonds is 8. The van der Waals surface area contributed by atoms with Gasteiger partial charge >= 0.3 is 5.97 Å². The number of likely N-dealkylation sites (N-methyl/N-ethyl adjacent to an activating group) is 1. The van der Waals surface area contributed by atoms with Crippen LogP contribution in [0.25, 0.3) is 0 Å². The van der Waals surface area contributed by atoms with Crippen molar-refractivity contribution < 1.29 is 18.3 Å². The summed E-state index contributed by atoms with van der Waals surface area (Å²) < 4.78 is 27.8. The van der Waals surface area contributed by atoms with Gasteiger partial charge in [0, 0.05) is 25.7 Å². The molecule has 0 spiro atoms. The van der Waals surface area contributed by atoms with E-state index in [1.165, 1.54) is 7.05 Å². The molecule has 0 aromatic rings. The minimum atomic E-state index is -3.62. The van der Waals surface area contributed by atoms with E-state index in [4.69, 9.17) is 5.11 Å². The van der Waals surface area contributed by atoms with Gasteiger partial charge in [0.2, 0.25) is 0 Å². The third kappa shape index (κ3) is 4.41. The summed E-state index contributed by atoms with van der Waals surface area (Å²) in [6.07, 6.45) is 3.96. The van der Waals surface area contributed by atoms with Crippen molar-refractivity contribution in [2.75, 3.05) is 34.2 Å². The average molecular weight is 307 g/mol. The van der Waals surface area contributed by atoms with Crippen molar-refractivity contribution in [1.29, 1.82) is 0 Å². The number of aliphatic carboxylic acids is 1. The van der Waals surface area contributed by atoms with Crippen molar-refractivity contribution in [1.82, 2.24) is 13.9 Å². The second kappa shape index (κ2) is 6.84. The normalized spacial score (nSPS) is 18.9. The predicted molar refractivity (Wildman–Crippen MR) is 76.7 cm³/mol. The first-order valence-corrected chi connectivity index (χ1v) is 8.24. The van der Waals surface area contributed by atoms with Crippen LogP contribution in [-0.4, -0.2) is 68.5 Å². The molecule has 1 fully saturated rings. The lowest BCUT2D eigenvalue weighted by atomic mass is 9.97. The maximum atomic E-state index is 12.1. The van der Waals surface area contributed by atoms with Crippen LogP contribution in [0.2, 0.25) is 0 Å². The molecule has 1 saturated carbocycles. The fourth-order valence-corrected chi connectivity index (χ4v) is 3.53. The molecule has 0 radical (unpaired) electrons. The van der Waals surface area contributed by atoms with E-state index in [-0.39, 0.29) is 18.5 Å². The Morgan fingerprint density at radius 1 is 1.25 bits per heavy atom. The van der Waals surface area contributed by atoms with Crippen molar-refractivity contribution >= 4 is 16.2 Å². The molecule has 0 amide bonds. The highest BCUT2D eigenvalue weighted by Crippen LogP contribution is 2.33. The Balaban J connectivity index is 2.59. The predicted octanol–water partition coefficient (Wildman–Crippen LogP) is 0.102. The van der Waals surface area contributed by atoms with Crippen LogP contribution in [0, 0.1) is 0 Å². The van der Waals surface area contributed by atoms with Crippen LogP contribution in [0.15, 0.2) is 0 Å². The van der Waals surface area contributed by atoms with Gasteiger partial charge in [-0.3, -0.25) is 4.79 Å². The van der Waals surface area contributed by atoms with Gasteiger partial charge in [0.25, 0.3) is 10.2 Å². The van der Waals surface area contributed by atoms with E-state index in [1.54, 1.807) is 0 Å².